The molecule has 0 atom stereocenters. The molecular formula is C18H16ClN3O4. The molecule has 0 saturated heterocycles. The maximum atomic E-state index is 12.8. The van der Waals surface area contributed by atoms with Crippen molar-refractivity contribution in [3.8, 4) is 17.2 Å². The summed E-state index contributed by atoms with van der Waals surface area (Å²) in [6, 6.07) is 7.76. The molecule has 1 heterocycles. The summed E-state index contributed by atoms with van der Waals surface area (Å²) < 4.78 is 11.6. The molecule has 7 nitrogen and oxygen atoms in total. The number of aromatic hydroxyl groups is 1. The predicted octanol–water partition coefficient (Wildman–Crippen LogP) is 2.96. The molecule has 0 aliphatic rings. The standard InChI is InChI=1S/C18H16ClN3O4/c1-10-21-14-8-17(26-3)16(25-2)7-13(14)18(24)22(10)20-9-11-6-12(19)4-5-15(11)23/h4-9,23H,1-3H3/b20-9+. The Balaban J connectivity index is 2.16. The van der Waals surface area contributed by atoms with Crippen molar-refractivity contribution in [2.24, 2.45) is 5.10 Å². The van der Waals surface area contributed by atoms with E-state index in [9.17, 15) is 9.90 Å². The third-order valence-electron chi connectivity index (χ3n) is 3.82. The maximum Gasteiger partial charge on any atom is 0.282 e. The molecule has 3 rings (SSSR count). The Labute approximate surface area is 154 Å². The number of nitrogens with zero attached hydrogens (tertiary/aromatic N) is 3. The average molecular weight is 374 g/mol. The van der Waals surface area contributed by atoms with Gasteiger partial charge in [0.05, 0.1) is 31.3 Å². The van der Waals surface area contributed by atoms with Crippen LogP contribution in [0.1, 0.15) is 11.4 Å². The quantitative estimate of drug-likeness (QED) is 0.710. The lowest BCUT2D eigenvalue weighted by Gasteiger charge is -2.10. The first kappa shape index (κ1) is 17.8. The molecule has 2 aromatic carbocycles. The molecule has 0 aliphatic carbocycles. The Morgan fingerprint density at radius 1 is 1.19 bits per heavy atom. The minimum Gasteiger partial charge on any atom is -0.507 e. The number of aryl methyl sites for hydroxylation is 1. The van der Waals surface area contributed by atoms with E-state index in [1.807, 2.05) is 0 Å². The van der Waals surface area contributed by atoms with Crippen LogP contribution in [0.2, 0.25) is 5.02 Å². The molecule has 0 bridgehead atoms. The second-order valence-electron chi connectivity index (χ2n) is 5.45. The van der Waals surface area contributed by atoms with E-state index in [4.69, 9.17) is 21.1 Å². The fourth-order valence-electron chi connectivity index (χ4n) is 2.50. The van der Waals surface area contributed by atoms with Crippen molar-refractivity contribution < 1.29 is 14.6 Å². The zero-order chi connectivity index (χ0) is 18.8. The number of rotatable bonds is 4. The molecule has 0 aliphatic heterocycles. The minimum absolute atomic E-state index is 0.00371. The van der Waals surface area contributed by atoms with Crippen LogP contribution < -0.4 is 15.0 Å². The number of aromatic nitrogens is 2. The van der Waals surface area contributed by atoms with E-state index >= 15 is 0 Å². The summed E-state index contributed by atoms with van der Waals surface area (Å²) in [6.07, 6.45) is 1.35. The summed E-state index contributed by atoms with van der Waals surface area (Å²) in [7, 11) is 3.00. The molecule has 0 radical (unpaired) electrons. The number of hydrogen-bond acceptors (Lipinski definition) is 6. The van der Waals surface area contributed by atoms with E-state index in [0.717, 1.165) is 4.68 Å². The summed E-state index contributed by atoms with van der Waals surface area (Å²) in [5, 5.41) is 14.8. The SMILES string of the molecule is COc1cc2nc(C)n(/N=C/c3cc(Cl)ccc3O)c(=O)c2cc1OC. The maximum absolute atomic E-state index is 12.8. The molecule has 26 heavy (non-hydrogen) atoms. The fraction of sp³-hybridized carbons (Fsp3) is 0.167. The molecule has 0 saturated carbocycles. The van der Waals surface area contributed by atoms with Crippen LogP contribution in [0.3, 0.4) is 0 Å². The minimum atomic E-state index is -0.369. The molecule has 0 fully saturated rings. The second kappa shape index (κ2) is 7.05. The van der Waals surface area contributed by atoms with Crippen molar-refractivity contribution >= 4 is 28.7 Å². The first-order valence-corrected chi connectivity index (χ1v) is 8.00. The summed E-state index contributed by atoms with van der Waals surface area (Å²) in [6.45, 7) is 1.66. The van der Waals surface area contributed by atoms with E-state index in [-0.39, 0.29) is 11.3 Å². The zero-order valence-corrected chi connectivity index (χ0v) is 15.1. The van der Waals surface area contributed by atoms with Gasteiger partial charge in [-0.25, -0.2) is 4.98 Å². The predicted molar refractivity (Wildman–Crippen MR) is 100.0 cm³/mol. The molecule has 3 aromatic rings. The van der Waals surface area contributed by atoms with Gasteiger partial charge in [-0.15, -0.1) is 0 Å². The first-order valence-electron chi connectivity index (χ1n) is 7.63. The van der Waals surface area contributed by atoms with Gasteiger partial charge in [-0.1, -0.05) is 11.6 Å². The number of phenols is 1. The van der Waals surface area contributed by atoms with Gasteiger partial charge in [0, 0.05) is 16.7 Å². The topological polar surface area (TPSA) is 85.9 Å². The lowest BCUT2D eigenvalue weighted by atomic mass is 10.2. The van der Waals surface area contributed by atoms with Crippen molar-refractivity contribution in [1.82, 2.24) is 9.66 Å². The number of ether oxygens (including phenoxy) is 2. The van der Waals surface area contributed by atoms with Gasteiger partial charge in [0.1, 0.15) is 11.6 Å². The molecule has 0 unspecified atom stereocenters. The fourth-order valence-corrected chi connectivity index (χ4v) is 2.68. The molecule has 0 amide bonds. The van der Waals surface area contributed by atoms with Crippen LogP contribution in [0.4, 0.5) is 0 Å². The normalized spacial score (nSPS) is 11.2. The number of fused-ring (bicyclic) bond motifs is 1. The average Bonchev–Trinajstić information content (AvgIpc) is 2.63. The van der Waals surface area contributed by atoms with Crippen LogP contribution in [-0.4, -0.2) is 35.2 Å². The van der Waals surface area contributed by atoms with Crippen LogP contribution in [0.25, 0.3) is 10.9 Å². The number of benzene rings is 2. The van der Waals surface area contributed by atoms with Gasteiger partial charge in [0.15, 0.2) is 11.5 Å². The van der Waals surface area contributed by atoms with Crippen LogP contribution in [0, 0.1) is 6.92 Å². The van der Waals surface area contributed by atoms with Crippen LogP contribution in [0.15, 0.2) is 40.2 Å². The highest BCUT2D eigenvalue weighted by Gasteiger charge is 2.13. The van der Waals surface area contributed by atoms with Gasteiger partial charge >= 0.3 is 0 Å². The molecule has 134 valence electrons. The van der Waals surface area contributed by atoms with E-state index in [1.165, 1.54) is 26.5 Å². The lowest BCUT2D eigenvalue weighted by Crippen LogP contribution is -2.20. The van der Waals surface area contributed by atoms with Crippen LogP contribution >= 0.6 is 11.6 Å². The number of hydrogen-bond donors (Lipinski definition) is 1. The molecule has 1 N–H and O–H groups in total. The van der Waals surface area contributed by atoms with E-state index in [1.54, 1.807) is 31.2 Å². The Morgan fingerprint density at radius 2 is 1.88 bits per heavy atom. The first-order chi connectivity index (χ1) is 12.4. The zero-order valence-electron chi connectivity index (χ0n) is 14.4. The molecule has 0 spiro atoms. The van der Waals surface area contributed by atoms with Crippen molar-refractivity contribution in [2.75, 3.05) is 14.2 Å². The third kappa shape index (κ3) is 3.21. The lowest BCUT2D eigenvalue weighted by molar-refractivity contribution is 0.355. The van der Waals surface area contributed by atoms with Gasteiger partial charge in [0.2, 0.25) is 0 Å². The third-order valence-corrected chi connectivity index (χ3v) is 4.05. The van der Waals surface area contributed by atoms with Gasteiger partial charge in [-0.3, -0.25) is 4.79 Å². The summed E-state index contributed by atoms with van der Waals surface area (Å²) in [4.78, 5) is 17.2. The highest BCUT2D eigenvalue weighted by molar-refractivity contribution is 6.30. The number of phenolic OH excluding ortho intramolecular Hbond substituents is 1. The van der Waals surface area contributed by atoms with Crippen LogP contribution in [0.5, 0.6) is 17.2 Å². The van der Waals surface area contributed by atoms with Crippen LogP contribution in [-0.2, 0) is 0 Å². The molecular weight excluding hydrogens is 358 g/mol. The van der Waals surface area contributed by atoms with Gasteiger partial charge in [-0.2, -0.15) is 9.78 Å². The smallest absolute Gasteiger partial charge is 0.282 e. The highest BCUT2D eigenvalue weighted by atomic mass is 35.5. The van der Waals surface area contributed by atoms with Crippen molar-refractivity contribution in [3.63, 3.8) is 0 Å². The summed E-state index contributed by atoms with van der Waals surface area (Å²) >= 11 is 5.92. The monoisotopic (exact) mass is 373 g/mol. The Bertz CT molecular complexity index is 1080. The summed E-state index contributed by atoms with van der Waals surface area (Å²) in [5.41, 5.74) is 0.490. The molecule has 8 heteroatoms. The van der Waals surface area contributed by atoms with Gasteiger partial charge in [0.25, 0.3) is 5.56 Å². The van der Waals surface area contributed by atoms with Crippen molar-refractivity contribution in [1.29, 1.82) is 0 Å². The summed E-state index contributed by atoms with van der Waals surface area (Å²) in [5.74, 6) is 1.29. The van der Waals surface area contributed by atoms with E-state index < -0.39 is 0 Å². The largest absolute Gasteiger partial charge is 0.507 e. The second-order valence-corrected chi connectivity index (χ2v) is 5.88. The van der Waals surface area contributed by atoms with Crippen molar-refractivity contribution in [3.05, 3.63) is 57.1 Å². The number of methoxy groups -OCH3 is 2. The van der Waals surface area contributed by atoms with Gasteiger partial charge in [-0.05, 0) is 31.2 Å². The Kier molecular flexibility index (Phi) is 4.81. The van der Waals surface area contributed by atoms with Crippen molar-refractivity contribution in [2.45, 2.75) is 6.92 Å². The Hall–Kier alpha value is -3.06. The highest BCUT2D eigenvalue weighted by Crippen LogP contribution is 2.30. The van der Waals surface area contributed by atoms with E-state index in [2.05, 4.69) is 10.1 Å². The number of halogens is 1. The van der Waals surface area contributed by atoms with Gasteiger partial charge < -0.3 is 14.6 Å². The van der Waals surface area contributed by atoms with E-state index in [0.29, 0.717) is 38.8 Å². The molecule has 1 aromatic heterocycles. The Morgan fingerprint density at radius 3 is 2.58 bits per heavy atom.